The molecule has 0 fully saturated rings. The molecule has 0 spiro atoms. The number of ether oxygens (including phenoxy) is 2. The smallest absolute Gasteiger partial charge is 0.366 e. The molecule has 0 aromatic carbocycles. The maximum atomic E-state index is 6.58. The van der Waals surface area contributed by atoms with Gasteiger partial charge in [-0.2, -0.15) is 6.08 Å². The molecular formula is C11H13LiO2. The van der Waals surface area contributed by atoms with Crippen LogP contribution in [0.5, 0.6) is 0 Å². The summed E-state index contributed by atoms with van der Waals surface area (Å²) in [6.45, 7) is 4.91. The fourth-order valence-corrected chi connectivity index (χ4v) is 0.634. The summed E-state index contributed by atoms with van der Waals surface area (Å²) < 4.78 is 10.3. The Morgan fingerprint density at radius 1 is 1.21 bits per heavy atom. The molecule has 0 aromatic rings. The standard InChI is InChI=1S/C11H13O2.Li/c1-4-7-8-9-10-11(12-5-2)13-6-3;/h7-8,11H,5-6H2,2-3H3;/q-1;+1. The fraction of sp³-hybridized carbons (Fsp3) is 0.455. The Morgan fingerprint density at radius 3 is 2.21 bits per heavy atom. The molecule has 0 radical (unpaired) electrons. The van der Waals surface area contributed by atoms with E-state index in [0.29, 0.717) is 13.2 Å². The third-order valence-electron chi connectivity index (χ3n) is 1.09. The zero-order chi connectivity index (χ0) is 9.94. The van der Waals surface area contributed by atoms with E-state index in [9.17, 15) is 0 Å². The summed E-state index contributed by atoms with van der Waals surface area (Å²) in [6, 6.07) is 0. The van der Waals surface area contributed by atoms with Gasteiger partial charge >= 0.3 is 18.9 Å². The largest absolute Gasteiger partial charge is 1.00 e. The predicted molar refractivity (Wildman–Crippen MR) is 51.1 cm³/mol. The average Bonchev–Trinajstić information content (AvgIpc) is 2.13. The summed E-state index contributed by atoms with van der Waals surface area (Å²) in [5, 5.41) is 0. The van der Waals surface area contributed by atoms with Crippen LogP contribution in [0.25, 0.3) is 0 Å². The van der Waals surface area contributed by atoms with Gasteiger partial charge in [0.15, 0.2) is 0 Å². The van der Waals surface area contributed by atoms with Gasteiger partial charge in [-0.25, -0.2) is 0 Å². The maximum Gasteiger partial charge on any atom is 1.00 e. The van der Waals surface area contributed by atoms with Crippen molar-refractivity contribution >= 4 is 0 Å². The van der Waals surface area contributed by atoms with E-state index in [2.05, 4.69) is 17.8 Å². The molecule has 2 nitrogen and oxygen atoms in total. The zero-order valence-corrected chi connectivity index (χ0v) is 8.96. The van der Waals surface area contributed by atoms with Gasteiger partial charge < -0.3 is 15.9 Å². The molecule has 0 aliphatic carbocycles. The molecule has 0 unspecified atom stereocenters. The van der Waals surface area contributed by atoms with Crippen molar-refractivity contribution in [3.63, 3.8) is 0 Å². The molecule has 70 valence electrons. The van der Waals surface area contributed by atoms with Crippen LogP contribution in [0.15, 0.2) is 12.2 Å². The van der Waals surface area contributed by atoms with Gasteiger partial charge in [0.05, 0.1) is 0 Å². The van der Waals surface area contributed by atoms with E-state index < -0.39 is 6.29 Å². The van der Waals surface area contributed by atoms with E-state index in [1.165, 1.54) is 12.2 Å². The van der Waals surface area contributed by atoms with E-state index in [0.717, 1.165) is 0 Å². The normalized spacial score (nSPS) is 9.00. The Hall–Kier alpha value is -0.623. The van der Waals surface area contributed by atoms with Gasteiger partial charge in [0, 0.05) is 13.2 Å². The molecule has 14 heavy (non-hydrogen) atoms. The molecule has 0 amide bonds. The topological polar surface area (TPSA) is 18.5 Å². The van der Waals surface area contributed by atoms with Gasteiger partial charge in [-0.15, -0.1) is 0 Å². The Balaban J connectivity index is 0. The molecule has 0 atom stereocenters. The first-order valence-corrected chi connectivity index (χ1v) is 4.16. The predicted octanol–water partition coefficient (Wildman–Crippen LogP) is -1.46. The summed E-state index contributed by atoms with van der Waals surface area (Å²) in [5.74, 6) is 7.54. The van der Waals surface area contributed by atoms with Crippen LogP contribution in [0.3, 0.4) is 0 Å². The van der Waals surface area contributed by atoms with E-state index in [1.54, 1.807) is 0 Å². The van der Waals surface area contributed by atoms with Crippen LogP contribution in [-0.2, 0) is 9.47 Å². The molecule has 0 saturated carbocycles. The number of allylic oxidation sites excluding steroid dienone is 2. The summed E-state index contributed by atoms with van der Waals surface area (Å²) in [7, 11) is 0. The quantitative estimate of drug-likeness (QED) is 0.230. The molecule has 0 rings (SSSR count). The molecule has 3 heteroatoms. The van der Waals surface area contributed by atoms with Crippen molar-refractivity contribution in [1.29, 1.82) is 0 Å². The Labute approximate surface area is 98.2 Å². The van der Waals surface area contributed by atoms with Gasteiger partial charge in [0.1, 0.15) is 0 Å². The number of hydrogen-bond donors (Lipinski definition) is 0. The van der Waals surface area contributed by atoms with Crippen molar-refractivity contribution < 1.29 is 28.3 Å². The Morgan fingerprint density at radius 2 is 1.79 bits per heavy atom. The molecule has 0 aliphatic heterocycles. The zero-order valence-electron chi connectivity index (χ0n) is 8.96. The minimum absolute atomic E-state index is 0. The minimum atomic E-state index is -0.467. The molecule has 0 heterocycles. The van der Waals surface area contributed by atoms with Crippen LogP contribution < -0.4 is 18.9 Å². The van der Waals surface area contributed by atoms with Gasteiger partial charge in [-0.1, -0.05) is 12.0 Å². The van der Waals surface area contributed by atoms with Crippen LogP contribution in [-0.4, -0.2) is 19.5 Å². The van der Waals surface area contributed by atoms with E-state index in [4.69, 9.17) is 15.9 Å². The van der Waals surface area contributed by atoms with E-state index in [1.807, 2.05) is 13.8 Å². The van der Waals surface area contributed by atoms with Gasteiger partial charge in [-0.05, 0) is 19.8 Å². The first kappa shape index (κ1) is 15.8. The molecule has 0 N–H and O–H groups in total. The average molecular weight is 184 g/mol. The third kappa shape index (κ3) is 9.47. The van der Waals surface area contributed by atoms with Crippen LogP contribution in [0.2, 0.25) is 0 Å². The first-order chi connectivity index (χ1) is 6.35. The van der Waals surface area contributed by atoms with Crippen LogP contribution in [0.4, 0.5) is 0 Å². The fourth-order valence-electron chi connectivity index (χ4n) is 0.634. The molecule has 0 bridgehead atoms. The van der Waals surface area contributed by atoms with E-state index in [-0.39, 0.29) is 18.9 Å². The molecule has 0 aromatic heterocycles. The van der Waals surface area contributed by atoms with Crippen LogP contribution >= 0.6 is 0 Å². The second-order valence-corrected chi connectivity index (χ2v) is 2.01. The van der Waals surface area contributed by atoms with Crippen molar-refractivity contribution in [1.82, 2.24) is 0 Å². The molecular weight excluding hydrogens is 171 g/mol. The van der Waals surface area contributed by atoms with Crippen LogP contribution in [0, 0.1) is 24.2 Å². The summed E-state index contributed by atoms with van der Waals surface area (Å²) in [5.41, 5.74) is 0. The SMILES string of the molecule is [C-]#CC=CC#CC(OCC)OCC.[Li+]. The monoisotopic (exact) mass is 184 g/mol. The van der Waals surface area contributed by atoms with Gasteiger partial charge in [0.2, 0.25) is 6.29 Å². The summed E-state index contributed by atoms with van der Waals surface area (Å²) >= 11 is 0. The minimum Gasteiger partial charge on any atom is -0.366 e. The number of rotatable bonds is 4. The second-order valence-electron chi connectivity index (χ2n) is 2.01. The van der Waals surface area contributed by atoms with Crippen molar-refractivity contribution in [3.8, 4) is 17.8 Å². The van der Waals surface area contributed by atoms with Crippen molar-refractivity contribution in [2.75, 3.05) is 13.2 Å². The third-order valence-corrected chi connectivity index (χ3v) is 1.09. The van der Waals surface area contributed by atoms with Crippen molar-refractivity contribution in [2.24, 2.45) is 0 Å². The Bertz CT molecular complexity index is 236. The number of hydrogen-bond acceptors (Lipinski definition) is 2. The summed E-state index contributed by atoms with van der Waals surface area (Å²) in [4.78, 5) is 0. The Kier molecular flexibility index (Phi) is 14.0. The van der Waals surface area contributed by atoms with Gasteiger partial charge in [0.25, 0.3) is 0 Å². The molecule has 0 aliphatic rings. The molecule has 0 saturated heterocycles. The van der Waals surface area contributed by atoms with Crippen molar-refractivity contribution in [3.05, 3.63) is 18.6 Å². The van der Waals surface area contributed by atoms with Crippen molar-refractivity contribution in [2.45, 2.75) is 20.1 Å². The van der Waals surface area contributed by atoms with E-state index >= 15 is 0 Å². The maximum absolute atomic E-state index is 6.58. The van der Waals surface area contributed by atoms with Gasteiger partial charge in [-0.3, -0.25) is 5.92 Å². The summed E-state index contributed by atoms with van der Waals surface area (Å²) in [6.07, 6.45) is 9.06. The second kappa shape index (κ2) is 12.4. The van der Waals surface area contributed by atoms with Crippen LogP contribution in [0.1, 0.15) is 13.8 Å². The first-order valence-electron chi connectivity index (χ1n) is 4.16.